The molecule has 4 N–H and O–H groups in total. The number of amides is 4. The molecule has 2 saturated heterocycles. The topological polar surface area (TPSA) is 185 Å². The lowest BCUT2D eigenvalue weighted by molar-refractivity contribution is -0.157. The number of likely N-dealkylation sites (tertiary alicyclic amines) is 1. The van der Waals surface area contributed by atoms with Crippen LogP contribution >= 0.6 is 23.2 Å². The van der Waals surface area contributed by atoms with Gasteiger partial charge in [-0.3, -0.25) is 33.7 Å². The van der Waals surface area contributed by atoms with Crippen LogP contribution in [0, 0.1) is 23.0 Å². The van der Waals surface area contributed by atoms with Crippen molar-refractivity contribution in [1.82, 2.24) is 30.2 Å². The second kappa shape index (κ2) is 20.0. The monoisotopic (exact) mass is 1080 g/mol. The van der Waals surface area contributed by atoms with Crippen LogP contribution in [-0.4, -0.2) is 109 Å². The van der Waals surface area contributed by atoms with Crippen molar-refractivity contribution in [2.24, 2.45) is 11.3 Å². The van der Waals surface area contributed by atoms with Gasteiger partial charge in [0.1, 0.15) is 17.0 Å². The van der Waals surface area contributed by atoms with Gasteiger partial charge in [0, 0.05) is 71.6 Å². The molecule has 3 unspecified atom stereocenters. The zero-order valence-electron chi connectivity index (χ0n) is 42.4. The predicted octanol–water partition coefficient (Wildman–Crippen LogP) is 9.15. The molecule has 2 spiro atoms. The summed E-state index contributed by atoms with van der Waals surface area (Å²) in [4.78, 5) is 84.6. The number of aromatic nitrogens is 2. The van der Waals surface area contributed by atoms with Gasteiger partial charge in [-0.25, -0.2) is 13.9 Å². The summed E-state index contributed by atoms with van der Waals surface area (Å²) in [5, 5.41) is 24.8. The van der Waals surface area contributed by atoms with Crippen LogP contribution < -0.4 is 16.2 Å². The molecule has 398 valence electrons. The molecule has 14 nitrogen and oxygen atoms in total. The maximum atomic E-state index is 16.3. The second-order valence-electron chi connectivity index (χ2n) is 22.2. The first-order valence-electron chi connectivity index (χ1n) is 26.8. The Kier molecular flexibility index (Phi) is 13.6. The molecule has 5 saturated carbocycles. The number of carboxylic acid groups (broad SMARTS) is 1. The van der Waals surface area contributed by atoms with Crippen LogP contribution in [0.1, 0.15) is 129 Å². The Balaban J connectivity index is 0.000000171. The minimum Gasteiger partial charge on any atom is -0.481 e. The Morgan fingerprint density at radius 2 is 1.49 bits per heavy atom. The van der Waals surface area contributed by atoms with Gasteiger partial charge in [0.2, 0.25) is 17.7 Å². The standard InChI is InChI=1S/C34H38Cl2FN3O4.C24H23FN4O3/c1-2-40-27(28(41)39-32-16-13-31(14-17-32,15-18-32)30(43)44)25(21-7-6-8-23(36)26(21)37)34(33(40)11-4-3-5-12-33)22-10-9-20(35)19-24(22)38-29(34)42;25-20-8-5-15(14-21-17-3-1-2-4-18(17)22(30)27-26-21)13-19(20)24(32)29-11-9-28(10-12-29)23(31)16-6-7-16/h6-10,19,25,27H,2-5,11-18H2,1H3,(H,38,42)(H,39,41)(H,43,44);1-5,8,13,16H,6-7,9-12,14H2,(H,27,30). The van der Waals surface area contributed by atoms with Gasteiger partial charge >= 0.3 is 5.97 Å². The molecule has 5 aliphatic carbocycles. The van der Waals surface area contributed by atoms with Gasteiger partial charge in [-0.15, -0.1) is 0 Å². The number of anilines is 1. The Labute approximate surface area is 448 Å². The van der Waals surface area contributed by atoms with Crippen molar-refractivity contribution in [2.45, 2.75) is 125 Å². The highest BCUT2D eigenvalue weighted by atomic mass is 35.5. The molecule has 3 aliphatic heterocycles. The van der Waals surface area contributed by atoms with E-state index in [0.717, 1.165) is 48.6 Å². The first-order valence-corrected chi connectivity index (χ1v) is 27.5. The van der Waals surface area contributed by atoms with Crippen LogP contribution in [0.3, 0.4) is 0 Å². The molecule has 13 rings (SSSR count). The zero-order chi connectivity index (χ0) is 53.3. The number of nitrogens with zero attached hydrogens (tertiary/aromatic N) is 4. The lowest BCUT2D eigenvalue weighted by Crippen LogP contribution is -2.63. The minimum atomic E-state index is -1.27. The van der Waals surface area contributed by atoms with Crippen LogP contribution in [0.25, 0.3) is 10.8 Å². The number of rotatable bonds is 9. The number of carboxylic acids is 1. The summed E-state index contributed by atoms with van der Waals surface area (Å²) in [5.74, 6) is -3.34. The van der Waals surface area contributed by atoms with E-state index in [-0.39, 0.29) is 51.3 Å². The van der Waals surface area contributed by atoms with Gasteiger partial charge in [0.05, 0.1) is 33.1 Å². The Bertz CT molecular complexity index is 3220. The SMILES string of the molecule is CCN1C(C(=O)NC23CCC(C(=O)O)(CC2)CC3)C(c2cccc(Cl)c2F)C2(C(=O)Nc3cc(Cl)ccc32)C12CCCCC2.O=C(c1cc(Cc2n[nH]c(=O)c3ccccc23)ccc1F)N1CCN(C(=O)C2CC2)CC1. The lowest BCUT2D eigenvalue weighted by atomic mass is 9.55. The fraction of sp³-hybridized carbons (Fsp3) is 0.466. The number of carbonyl (C=O) groups is 5. The number of likely N-dealkylation sites (N-methyl/N-ethyl adjacent to an activating group) is 1. The van der Waals surface area contributed by atoms with Gasteiger partial charge in [0.25, 0.3) is 11.5 Å². The number of carbonyl (C=O) groups excluding carboxylic acids is 4. The lowest BCUT2D eigenvalue weighted by Gasteiger charge is -2.52. The molecule has 0 radical (unpaired) electrons. The van der Waals surface area contributed by atoms with E-state index >= 15 is 4.39 Å². The number of aliphatic carboxylic acids is 1. The largest absolute Gasteiger partial charge is 0.481 e. The molecule has 7 fully saturated rings. The highest BCUT2D eigenvalue weighted by Gasteiger charge is 2.75. The molecule has 1 aromatic heterocycles. The molecule has 4 amide bonds. The van der Waals surface area contributed by atoms with E-state index in [2.05, 4.69) is 25.7 Å². The number of nitrogens with one attached hydrogen (secondary N) is 3. The first-order chi connectivity index (χ1) is 36.5. The Morgan fingerprint density at radius 1 is 0.803 bits per heavy atom. The van der Waals surface area contributed by atoms with Gasteiger partial charge in [0.15, 0.2) is 0 Å². The van der Waals surface area contributed by atoms with Crippen molar-refractivity contribution in [2.75, 3.05) is 38.0 Å². The normalized spacial score (nSPS) is 26.5. The second-order valence-corrected chi connectivity index (χ2v) is 23.0. The summed E-state index contributed by atoms with van der Waals surface area (Å²) in [6, 6.07) is 21.0. The van der Waals surface area contributed by atoms with E-state index in [0.29, 0.717) is 112 Å². The van der Waals surface area contributed by atoms with Crippen LogP contribution in [0.5, 0.6) is 0 Å². The average Bonchev–Trinajstić information content (AvgIpc) is 4.39. The molecule has 2 bridgehead atoms. The number of fused-ring (bicyclic) bond motifs is 7. The van der Waals surface area contributed by atoms with Crippen molar-refractivity contribution in [3.05, 3.63) is 139 Å². The van der Waals surface area contributed by atoms with Gasteiger partial charge < -0.3 is 25.5 Å². The van der Waals surface area contributed by atoms with E-state index in [1.165, 1.54) is 12.1 Å². The highest BCUT2D eigenvalue weighted by Crippen LogP contribution is 2.67. The van der Waals surface area contributed by atoms with Crippen molar-refractivity contribution < 1.29 is 37.9 Å². The summed E-state index contributed by atoms with van der Waals surface area (Å²) in [7, 11) is 0. The Hall–Kier alpha value is -6.23. The van der Waals surface area contributed by atoms with E-state index in [4.69, 9.17) is 23.2 Å². The zero-order valence-corrected chi connectivity index (χ0v) is 43.9. The number of halogens is 4. The summed E-state index contributed by atoms with van der Waals surface area (Å²) in [5.41, 5.74) is -0.546. The third-order valence-electron chi connectivity index (χ3n) is 18.3. The van der Waals surface area contributed by atoms with E-state index in [9.17, 15) is 38.3 Å². The Morgan fingerprint density at radius 3 is 2.16 bits per heavy atom. The summed E-state index contributed by atoms with van der Waals surface area (Å²) in [6.45, 7) is 4.26. The minimum absolute atomic E-state index is 0.0122. The molecule has 18 heteroatoms. The van der Waals surface area contributed by atoms with E-state index < -0.39 is 51.5 Å². The van der Waals surface area contributed by atoms with Crippen LogP contribution in [0.4, 0.5) is 14.5 Å². The quantitative estimate of drug-likeness (QED) is 0.112. The smallest absolute Gasteiger partial charge is 0.309 e. The number of hydrogen-bond acceptors (Lipinski definition) is 8. The molecule has 4 aromatic carbocycles. The number of hydrogen-bond donors (Lipinski definition) is 4. The third-order valence-corrected chi connectivity index (χ3v) is 18.8. The van der Waals surface area contributed by atoms with Crippen molar-refractivity contribution in [3.63, 3.8) is 0 Å². The van der Waals surface area contributed by atoms with Crippen molar-refractivity contribution in [3.8, 4) is 0 Å². The summed E-state index contributed by atoms with van der Waals surface area (Å²) >= 11 is 12.8. The van der Waals surface area contributed by atoms with Gasteiger partial charge in [-0.05, 0) is 124 Å². The van der Waals surface area contributed by atoms with Crippen LogP contribution in [0.2, 0.25) is 10.0 Å². The van der Waals surface area contributed by atoms with Crippen LogP contribution in [-0.2, 0) is 31.0 Å². The fourth-order valence-electron chi connectivity index (χ4n) is 14.3. The van der Waals surface area contributed by atoms with Gasteiger partial charge in [-0.1, -0.05) is 91.9 Å². The average molecular weight is 1080 g/mol. The highest BCUT2D eigenvalue weighted by molar-refractivity contribution is 6.31. The van der Waals surface area contributed by atoms with Crippen molar-refractivity contribution >= 4 is 69.3 Å². The summed E-state index contributed by atoms with van der Waals surface area (Å²) < 4.78 is 30.9. The first kappa shape index (κ1) is 51.9. The molecule has 3 atom stereocenters. The number of aromatic amines is 1. The third kappa shape index (κ3) is 8.57. The molecule has 8 aliphatic rings. The maximum absolute atomic E-state index is 16.3. The molecular formula is C58H61Cl2F2N7O7. The van der Waals surface area contributed by atoms with E-state index in [1.54, 1.807) is 58.3 Å². The van der Waals surface area contributed by atoms with Crippen molar-refractivity contribution in [1.29, 1.82) is 0 Å². The maximum Gasteiger partial charge on any atom is 0.309 e. The molecular weight excluding hydrogens is 1020 g/mol. The summed E-state index contributed by atoms with van der Waals surface area (Å²) in [6.07, 6.45) is 9.71. The number of piperazine rings is 1. The number of benzene rings is 4. The molecule has 5 aromatic rings. The van der Waals surface area contributed by atoms with E-state index in [1.807, 2.05) is 25.1 Å². The van der Waals surface area contributed by atoms with Gasteiger partial charge in [-0.2, -0.15) is 5.10 Å². The molecule has 76 heavy (non-hydrogen) atoms. The number of H-pyrrole nitrogens is 1. The van der Waals surface area contributed by atoms with Crippen LogP contribution in [0.15, 0.2) is 83.7 Å². The molecule has 4 heterocycles. The predicted molar refractivity (Wildman–Crippen MR) is 283 cm³/mol. The fourth-order valence-corrected chi connectivity index (χ4v) is 14.7.